The maximum atomic E-state index is 13.2. The highest BCUT2D eigenvalue weighted by Gasteiger charge is 2.39. The van der Waals surface area contributed by atoms with Crippen molar-refractivity contribution in [1.82, 2.24) is 5.43 Å². The van der Waals surface area contributed by atoms with E-state index < -0.39 is 11.6 Å². The third-order valence-corrected chi connectivity index (χ3v) is 3.82. The molecule has 1 saturated carbocycles. The van der Waals surface area contributed by atoms with Crippen LogP contribution in [0.5, 0.6) is 0 Å². The van der Waals surface area contributed by atoms with Gasteiger partial charge in [-0.1, -0.05) is 6.07 Å². The van der Waals surface area contributed by atoms with Crippen LogP contribution in [-0.2, 0) is 4.74 Å². The fourth-order valence-electron chi connectivity index (χ4n) is 2.44. The Bertz CT molecular complexity index is 416. The normalized spacial score (nSPS) is 19.3. The van der Waals surface area contributed by atoms with Crippen LogP contribution in [0.1, 0.15) is 37.3 Å². The summed E-state index contributed by atoms with van der Waals surface area (Å²) >= 11 is 0. The predicted octanol–water partition coefficient (Wildman–Crippen LogP) is 2.43. The first-order valence-corrected chi connectivity index (χ1v) is 6.06. The molecule has 5 heteroatoms. The summed E-state index contributed by atoms with van der Waals surface area (Å²) in [6.45, 7) is 0. The first kappa shape index (κ1) is 13.4. The van der Waals surface area contributed by atoms with Gasteiger partial charge in [0.2, 0.25) is 0 Å². The molecule has 1 atom stereocenters. The van der Waals surface area contributed by atoms with Crippen molar-refractivity contribution >= 4 is 0 Å². The van der Waals surface area contributed by atoms with Crippen molar-refractivity contribution in [1.29, 1.82) is 0 Å². The molecule has 0 aliphatic heterocycles. The molecule has 0 saturated heterocycles. The van der Waals surface area contributed by atoms with Crippen LogP contribution in [0, 0.1) is 11.6 Å². The standard InChI is InChI=1S/C13H18F2N2O/c1-18-13(5-2-6-13)8-12(17-16)9-3-4-10(14)11(15)7-9/h3-4,7,12,17H,2,5-6,8,16H2,1H3. The summed E-state index contributed by atoms with van der Waals surface area (Å²) in [5.74, 6) is 3.81. The SMILES string of the molecule is COC1(CC(NN)c2ccc(F)c(F)c2)CCC1. The minimum atomic E-state index is -0.854. The molecule has 1 aliphatic rings. The van der Waals surface area contributed by atoms with Gasteiger partial charge in [-0.2, -0.15) is 0 Å². The number of hydrogen-bond donors (Lipinski definition) is 2. The Morgan fingerprint density at radius 2 is 2.11 bits per heavy atom. The van der Waals surface area contributed by atoms with E-state index in [4.69, 9.17) is 10.6 Å². The van der Waals surface area contributed by atoms with Crippen molar-refractivity contribution in [2.45, 2.75) is 37.3 Å². The van der Waals surface area contributed by atoms with E-state index in [9.17, 15) is 8.78 Å². The predicted molar refractivity (Wildman–Crippen MR) is 64.6 cm³/mol. The zero-order chi connectivity index (χ0) is 13.2. The number of rotatable bonds is 5. The Labute approximate surface area is 105 Å². The summed E-state index contributed by atoms with van der Waals surface area (Å²) in [6, 6.07) is 3.61. The van der Waals surface area contributed by atoms with Gasteiger partial charge >= 0.3 is 0 Å². The largest absolute Gasteiger partial charge is 0.378 e. The van der Waals surface area contributed by atoms with Crippen LogP contribution in [0.4, 0.5) is 8.78 Å². The van der Waals surface area contributed by atoms with Gasteiger partial charge < -0.3 is 4.74 Å². The number of hydrogen-bond acceptors (Lipinski definition) is 3. The highest BCUT2D eigenvalue weighted by molar-refractivity contribution is 5.22. The van der Waals surface area contributed by atoms with Gasteiger partial charge in [-0.3, -0.25) is 11.3 Å². The van der Waals surface area contributed by atoms with Crippen molar-refractivity contribution in [3.05, 3.63) is 35.4 Å². The summed E-state index contributed by atoms with van der Waals surface area (Å²) in [5, 5.41) is 0. The summed E-state index contributed by atoms with van der Waals surface area (Å²) in [5.41, 5.74) is 3.11. The second-order valence-corrected chi connectivity index (χ2v) is 4.84. The Hall–Kier alpha value is -1.04. The summed E-state index contributed by atoms with van der Waals surface area (Å²) < 4.78 is 31.6. The number of nitrogens with one attached hydrogen (secondary N) is 1. The van der Waals surface area contributed by atoms with Gasteiger partial charge in [0.15, 0.2) is 11.6 Å². The minimum Gasteiger partial charge on any atom is -0.378 e. The molecule has 1 aliphatic carbocycles. The molecule has 3 nitrogen and oxygen atoms in total. The number of hydrazine groups is 1. The molecule has 3 N–H and O–H groups in total. The molecule has 1 aromatic carbocycles. The Balaban J connectivity index is 2.14. The van der Waals surface area contributed by atoms with Gasteiger partial charge in [-0.15, -0.1) is 0 Å². The lowest BCUT2D eigenvalue weighted by Crippen LogP contribution is -2.44. The van der Waals surface area contributed by atoms with Crippen molar-refractivity contribution in [2.24, 2.45) is 5.84 Å². The summed E-state index contributed by atoms with van der Waals surface area (Å²) in [7, 11) is 1.68. The van der Waals surface area contributed by atoms with Gasteiger partial charge in [0, 0.05) is 13.2 Å². The molecule has 1 unspecified atom stereocenters. The topological polar surface area (TPSA) is 47.3 Å². The average molecular weight is 256 g/mol. The van der Waals surface area contributed by atoms with E-state index in [1.54, 1.807) is 13.2 Å². The molecule has 18 heavy (non-hydrogen) atoms. The molecule has 0 radical (unpaired) electrons. The summed E-state index contributed by atoms with van der Waals surface area (Å²) in [6.07, 6.45) is 3.74. The van der Waals surface area contributed by atoms with E-state index in [1.807, 2.05) is 0 Å². The van der Waals surface area contributed by atoms with Crippen LogP contribution in [0.2, 0.25) is 0 Å². The van der Waals surface area contributed by atoms with E-state index in [1.165, 1.54) is 6.07 Å². The van der Waals surface area contributed by atoms with Crippen LogP contribution < -0.4 is 11.3 Å². The third kappa shape index (κ3) is 2.53. The Morgan fingerprint density at radius 3 is 2.56 bits per heavy atom. The second-order valence-electron chi connectivity index (χ2n) is 4.84. The monoisotopic (exact) mass is 256 g/mol. The van der Waals surface area contributed by atoms with Crippen molar-refractivity contribution in [3.63, 3.8) is 0 Å². The molecule has 1 aromatic rings. The Morgan fingerprint density at radius 1 is 1.39 bits per heavy atom. The first-order chi connectivity index (χ1) is 8.60. The van der Waals surface area contributed by atoms with E-state index >= 15 is 0 Å². The summed E-state index contributed by atoms with van der Waals surface area (Å²) in [4.78, 5) is 0. The van der Waals surface area contributed by atoms with Crippen molar-refractivity contribution < 1.29 is 13.5 Å². The van der Waals surface area contributed by atoms with E-state index in [0.717, 1.165) is 25.3 Å². The fraction of sp³-hybridized carbons (Fsp3) is 0.538. The molecule has 0 aromatic heterocycles. The third-order valence-electron chi connectivity index (χ3n) is 3.82. The van der Waals surface area contributed by atoms with Gasteiger partial charge in [-0.25, -0.2) is 8.78 Å². The molecule has 0 bridgehead atoms. The highest BCUT2D eigenvalue weighted by Crippen LogP contribution is 2.41. The average Bonchev–Trinajstić information content (AvgIpc) is 2.33. The van der Waals surface area contributed by atoms with E-state index in [2.05, 4.69) is 5.43 Å². The number of benzene rings is 1. The van der Waals surface area contributed by atoms with Crippen molar-refractivity contribution in [3.8, 4) is 0 Å². The van der Waals surface area contributed by atoms with Gasteiger partial charge in [0.05, 0.1) is 5.60 Å². The lowest BCUT2D eigenvalue weighted by molar-refractivity contribution is -0.0838. The Kier molecular flexibility index (Phi) is 3.94. The van der Waals surface area contributed by atoms with Crippen molar-refractivity contribution in [2.75, 3.05) is 7.11 Å². The first-order valence-electron chi connectivity index (χ1n) is 6.06. The number of nitrogens with two attached hydrogens (primary N) is 1. The van der Waals surface area contributed by atoms with Gasteiger partial charge in [-0.05, 0) is 43.4 Å². The van der Waals surface area contributed by atoms with E-state index in [-0.39, 0.29) is 11.6 Å². The molecular formula is C13H18F2N2O. The molecule has 100 valence electrons. The quantitative estimate of drug-likeness (QED) is 0.628. The lowest BCUT2D eigenvalue weighted by atomic mass is 9.75. The van der Waals surface area contributed by atoms with E-state index in [0.29, 0.717) is 12.0 Å². The van der Waals surface area contributed by atoms with Crippen LogP contribution in [0.25, 0.3) is 0 Å². The molecule has 1 fully saturated rings. The maximum Gasteiger partial charge on any atom is 0.159 e. The van der Waals surface area contributed by atoms with Gasteiger partial charge in [0.25, 0.3) is 0 Å². The van der Waals surface area contributed by atoms with Gasteiger partial charge in [0.1, 0.15) is 0 Å². The number of methoxy groups -OCH3 is 1. The van der Waals surface area contributed by atoms with Crippen LogP contribution >= 0.6 is 0 Å². The maximum absolute atomic E-state index is 13.2. The minimum absolute atomic E-state index is 0.179. The second kappa shape index (κ2) is 5.30. The zero-order valence-corrected chi connectivity index (χ0v) is 10.4. The molecule has 0 heterocycles. The van der Waals surface area contributed by atoms with Crippen LogP contribution in [-0.4, -0.2) is 12.7 Å². The number of ether oxygens (including phenoxy) is 1. The smallest absolute Gasteiger partial charge is 0.159 e. The fourth-order valence-corrected chi connectivity index (χ4v) is 2.44. The molecule has 0 amide bonds. The molecule has 0 spiro atoms. The lowest BCUT2D eigenvalue weighted by Gasteiger charge is -2.42. The van der Waals surface area contributed by atoms with Crippen LogP contribution in [0.15, 0.2) is 18.2 Å². The highest BCUT2D eigenvalue weighted by atomic mass is 19.2. The molecule has 2 rings (SSSR count). The molecular weight excluding hydrogens is 238 g/mol. The van der Waals surface area contributed by atoms with Crippen LogP contribution in [0.3, 0.4) is 0 Å². The number of halogens is 2. The zero-order valence-electron chi connectivity index (χ0n) is 10.4.